The van der Waals surface area contributed by atoms with Crippen molar-refractivity contribution in [1.29, 1.82) is 0 Å². The molecule has 0 saturated heterocycles. The second kappa shape index (κ2) is 10.5. The Morgan fingerprint density at radius 1 is 0.921 bits per heavy atom. The highest BCUT2D eigenvalue weighted by Gasteiger charge is 2.28. The van der Waals surface area contributed by atoms with E-state index in [-0.39, 0.29) is 22.9 Å². The predicted octanol–water partition coefficient (Wildman–Crippen LogP) is 5.82. The van der Waals surface area contributed by atoms with Crippen LogP contribution in [0.15, 0.2) is 79.1 Å². The van der Waals surface area contributed by atoms with E-state index < -0.39 is 5.91 Å². The van der Waals surface area contributed by atoms with Gasteiger partial charge in [0.15, 0.2) is 11.5 Å². The lowest BCUT2D eigenvalue weighted by Gasteiger charge is -2.19. The van der Waals surface area contributed by atoms with Gasteiger partial charge in [-0.2, -0.15) is 0 Å². The molecule has 0 fully saturated rings. The Labute approximate surface area is 228 Å². The van der Waals surface area contributed by atoms with Crippen molar-refractivity contribution >= 4 is 52.3 Å². The largest absolute Gasteiger partial charge is 0.309 e. The molecule has 0 atom stereocenters. The zero-order valence-electron chi connectivity index (χ0n) is 20.3. The fourth-order valence-corrected chi connectivity index (χ4v) is 4.38. The maximum absolute atomic E-state index is 13.7. The van der Waals surface area contributed by atoms with E-state index in [9.17, 15) is 9.59 Å². The highest BCUT2D eigenvalue weighted by molar-refractivity contribution is 6.33. The fourth-order valence-electron chi connectivity index (χ4n) is 4.02. The van der Waals surface area contributed by atoms with Gasteiger partial charge in [-0.15, -0.1) is 5.10 Å². The van der Waals surface area contributed by atoms with E-state index in [1.165, 1.54) is 16.4 Å². The average Bonchev–Trinajstić information content (AvgIpc) is 3.26. The average molecular weight is 546 g/mol. The van der Waals surface area contributed by atoms with Crippen LogP contribution in [0.2, 0.25) is 10.0 Å². The lowest BCUT2D eigenvalue weighted by atomic mass is 10.0. The summed E-state index contributed by atoms with van der Waals surface area (Å²) < 4.78 is 1.54. The van der Waals surface area contributed by atoms with E-state index in [1.54, 1.807) is 55.8 Å². The van der Waals surface area contributed by atoms with E-state index in [2.05, 4.69) is 25.8 Å². The molecule has 0 radical (unpaired) electrons. The van der Waals surface area contributed by atoms with Gasteiger partial charge in [0.05, 0.1) is 5.69 Å². The highest BCUT2D eigenvalue weighted by atomic mass is 35.5. The zero-order chi connectivity index (χ0) is 26.8. The van der Waals surface area contributed by atoms with Crippen LogP contribution in [0.3, 0.4) is 0 Å². The maximum Gasteiger partial charge on any atom is 0.279 e. The van der Waals surface area contributed by atoms with Crippen LogP contribution < -0.4 is 10.7 Å². The summed E-state index contributed by atoms with van der Waals surface area (Å²) in [4.78, 5) is 34.6. The summed E-state index contributed by atoms with van der Waals surface area (Å²) in [5.74, 6) is -0.329. The number of aromatic nitrogens is 4. The number of anilines is 2. The minimum absolute atomic E-state index is 0.0659. The topological polar surface area (TPSA) is 105 Å². The number of hydrazine groups is 1. The highest BCUT2D eigenvalue weighted by Crippen LogP contribution is 2.37. The molecule has 0 aliphatic carbocycles. The molecule has 0 spiro atoms. The Kier molecular flexibility index (Phi) is 6.95. The van der Waals surface area contributed by atoms with Crippen LogP contribution in [0.5, 0.6) is 0 Å². The van der Waals surface area contributed by atoms with Gasteiger partial charge in [-0.3, -0.25) is 20.0 Å². The second-order valence-electron chi connectivity index (χ2n) is 8.34. The van der Waals surface area contributed by atoms with Gasteiger partial charge in [0.25, 0.3) is 5.91 Å². The summed E-state index contributed by atoms with van der Waals surface area (Å²) in [6.07, 6.45) is 3.25. The van der Waals surface area contributed by atoms with E-state index in [4.69, 9.17) is 23.2 Å². The van der Waals surface area contributed by atoms with E-state index in [0.717, 1.165) is 11.1 Å². The van der Waals surface area contributed by atoms with Gasteiger partial charge in [-0.25, -0.2) is 14.5 Å². The van der Waals surface area contributed by atoms with Crippen LogP contribution >= 0.6 is 23.2 Å². The minimum atomic E-state index is -0.477. The molecule has 2 N–H and O–H groups in total. The number of fused-ring (bicyclic) bond motifs is 1. The molecule has 190 valence electrons. The predicted molar refractivity (Wildman–Crippen MR) is 148 cm³/mol. The Balaban J connectivity index is 1.74. The van der Waals surface area contributed by atoms with Crippen LogP contribution in [0.1, 0.15) is 17.3 Å². The summed E-state index contributed by atoms with van der Waals surface area (Å²) in [6, 6.07) is 19.9. The van der Waals surface area contributed by atoms with Crippen molar-refractivity contribution in [2.45, 2.75) is 6.92 Å². The van der Waals surface area contributed by atoms with Gasteiger partial charge >= 0.3 is 0 Å². The number of carbonyl (C=O) groups is 2. The molecule has 0 aliphatic rings. The molecule has 2 amide bonds. The molecule has 0 unspecified atom stereocenters. The van der Waals surface area contributed by atoms with Crippen LogP contribution in [-0.2, 0) is 4.79 Å². The van der Waals surface area contributed by atoms with Crippen molar-refractivity contribution in [2.24, 2.45) is 0 Å². The minimum Gasteiger partial charge on any atom is -0.309 e. The first kappa shape index (κ1) is 25.2. The third-order valence-corrected chi connectivity index (χ3v) is 6.27. The van der Waals surface area contributed by atoms with Crippen molar-refractivity contribution in [2.75, 3.05) is 17.8 Å². The van der Waals surface area contributed by atoms with Gasteiger partial charge in [0.1, 0.15) is 11.4 Å². The second-order valence-corrected chi connectivity index (χ2v) is 9.18. The molecule has 5 rings (SSSR count). The molecule has 3 heterocycles. The van der Waals surface area contributed by atoms with Gasteiger partial charge < -0.3 is 5.32 Å². The molecule has 38 heavy (non-hydrogen) atoms. The normalized spacial score (nSPS) is 10.8. The molecular weight excluding hydrogens is 525 g/mol. The molecule has 2 aromatic carbocycles. The number of pyridine rings is 1. The molecule has 0 aliphatic heterocycles. The van der Waals surface area contributed by atoms with Crippen molar-refractivity contribution in [3.8, 4) is 22.4 Å². The summed E-state index contributed by atoms with van der Waals surface area (Å²) in [5.41, 5.74) is 6.07. The standard InChI is InChI=1S/C27H21Cl2N7O2/c1-16(37)32-25-23(27(38)35(2)33-22-9-5-6-14-30-22)26-31-15-20(19-7-3-4-8-21(19)29)24(36(26)34-25)17-10-12-18(28)13-11-17/h3-15H,1-2H3,(H,30,33)(H,32,34,37). The summed E-state index contributed by atoms with van der Waals surface area (Å²) in [5, 5.41) is 9.65. The van der Waals surface area contributed by atoms with Crippen LogP contribution in [0.4, 0.5) is 11.6 Å². The first-order valence-electron chi connectivity index (χ1n) is 11.5. The summed E-state index contributed by atoms with van der Waals surface area (Å²) in [7, 11) is 1.55. The van der Waals surface area contributed by atoms with Crippen molar-refractivity contribution in [1.82, 2.24) is 24.6 Å². The summed E-state index contributed by atoms with van der Waals surface area (Å²) in [6.45, 7) is 1.34. The smallest absolute Gasteiger partial charge is 0.279 e. The third-order valence-electron chi connectivity index (χ3n) is 5.69. The lowest BCUT2D eigenvalue weighted by molar-refractivity contribution is -0.114. The van der Waals surface area contributed by atoms with Gasteiger partial charge in [-0.1, -0.05) is 59.6 Å². The number of hydrogen-bond donors (Lipinski definition) is 2. The van der Waals surface area contributed by atoms with E-state index in [0.29, 0.717) is 27.1 Å². The molecule has 11 heteroatoms. The molecule has 9 nitrogen and oxygen atoms in total. The molecule has 5 aromatic rings. The number of carbonyl (C=O) groups excluding carboxylic acids is 2. The Morgan fingerprint density at radius 3 is 2.34 bits per heavy atom. The van der Waals surface area contributed by atoms with E-state index >= 15 is 0 Å². The van der Waals surface area contributed by atoms with E-state index in [1.807, 2.05) is 30.3 Å². The molecule has 0 bridgehead atoms. The van der Waals surface area contributed by atoms with Crippen molar-refractivity contribution in [3.63, 3.8) is 0 Å². The van der Waals surface area contributed by atoms with Crippen LogP contribution in [0, 0.1) is 0 Å². The summed E-state index contributed by atoms with van der Waals surface area (Å²) >= 11 is 12.7. The lowest BCUT2D eigenvalue weighted by Crippen LogP contribution is -2.33. The maximum atomic E-state index is 13.7. The molecule has 0 saturated carbocycles. The fraction of sp³-hybridized carbons (Fsp3) is 0.0741. The SMILES string of the molecule is CC(=O)Nc1nn2c(-c3ccc(Cl)cc3)c(-c3ccccc3Cl)cnc2c1C(=O)N(C)Nc1ccccn1. The van der Waals surface area contributed by atoms with Gasteiger partial charge in [-0.05, 0) is 30.3 Å². The first-order valence-corrected chi connectivity index (χ1v) is 12.2. The number of benzene rings is 2. The number of nitrogens with one attached hydrogen (secondary N) is 2. The number of amides is 2. The Hall–Kier alpha value is -4.47. The first-order chi connectivity index (χ1) is 18.3. The third kappa shape index (κ3) is 4.89. The Bertz CT molecular complexity index is 1650. The monoisotopic (exact) mass is 545 g/mol. The molecular formula is C27H21Cl2N7O2. The molecule has 3 aromatic heterocycles. The number of halogens is 2. The van der Waals surface area contributed by atoms with Crippen molar-refractivity contribution < 1.29 is 9.59 Å². The quantitative estimate of drug-likeness (QED) is 0.260. The van der Waals surface area contributed by atoms with Crippen LogP contribution in [0.25, 0.3) is 28.0 Å². The van der Waals surface area contributed by atoms with Gasteiger partial charge in [0.2, 0.25) is 5.91 Å². The zero-order valence-corrected chi connectivity index (χ0v) is 21.8. The number of rotatable bonds is 6. The Morgan fingerprint density at radius 2 is 1.66 bits per heavy atom. The number of nitrogens with zero attached hydrogens (tertiary/aromatic N) is 5. The van der Waals surface area contributed by atoms with Crippen molar-refractivity contribution in [3.05, 3.63) is 94.7 Å². The van der Waals surface area contributed by atoms with Gasteiger partial charge in [0, 0.05) is 53.1 Å². The number of hydrogen-bond acceptors (Lipinski definition) is 6. The van der Waals surface area contributed by atoms with Crippen LogP contribution in [-0.4, -0.2) is 43.5 Å².